The molecular formula is C13H10IO4S-. The molecule has 0 aliphatic rings. The minimum atomic E-state index is -4.63. The molecule has 0 amide bonds. The van der Waals surface area contributed by atoms with E-state index in [0.717, 1.165) is 5.56 Å². The SMILES string of the molecule is Cc1ccc(-c2ccccc2)c(I=O)c1S(=O)(=O)[O-]. The summed E-state index contributed by atoms with van der Waals surface area (Å²) < 4.78 is 45.6. The lowest BCUT2D eigenvalue weighted by Crippen LogP contribution is -2.05. The Hall–Kier alpha value is -1.12. The largest absolute Gasteiger partial charge is 0.744 e. The van der Waals surface area contributed by atoms with Crippen molar-refractivity contribution in [3.05, 3.63) is 51.6 Å². The van der Waals surface area contributed by atoms with Gasteiger partial charge in [-0.3, -0.25) is 3.07 Å². The van der Waals surface area contributed by atoms with Gasteiger partial charge in [0.15, 0.2) is 21.2 Å². The van der Waals surface area contributed by atoms with E-state index in [1.807, 2.05) is 6.07 Å². The van der Waals surface area contributed by atoms with Gasteiger partial charge in [0.2, 0.25) is 0 Å². The van der Waals surface area contributed by atoms with E-state index in [1.165, 1.54) is 6.92 Å². The van der Waals surface area contributed by atoms with Crippen molar-refractivity contribution in [1.82, 2.24) is 0 Å². The number of hydrogen-bond acceptors (Lipinski definition) is 4. The lowest BCUT2D eigenvalue weighted by atomic mass is 10.0. The molecule has 0 aromatic heterocycles. The minimum Gasteiger partial charge on any atom is -0.744 e. The third-order valence-electron chi connectivity index (χ3n) is 2.71. The Morgan fingerprint density at radius 3 is 2.21 bits per heavy atom. The molecule has 0 N–H and O–H groups in total. The molecule has 0 fully saturated rings. The van der Waals surface area contributed by atoms with Crippen LogP contribution in [0.3, 0.4) is 0 Å². The molecule has 0 spiro atoms. The van der Waals surface area contributed by atoms with Crippen LogP contribution in [0.1, 0.15) is 5.56 Å². The van der Waals surface area contributed by atoms with Crippen LogP contribution < -0.4 is 0 Å². The lowest BCUT2D eigenvalue weighted by Gasteiger charge is -2.15. The fourth-order valence-electron chi connectivity index (χ4n) is 1.88. The summed E-state index contributed by atoms with van der Waals surface area (Å²) in [6.45, 7) is 1.53. The monoisotopic (exact) mass is 389 g/mol. The van der Waals surface area contributed by atoms with Crippen molar-refractivity contribution < 1.29 is 16.0 Å². The second kappa shape index (κ2) is 5.48. The van der Waals surface area contributed by atoms with Crippen molar-refractivity contribution in [2.75, 3.05) is 0 Å². The number of aryl methyl sites for hydroxylation is 1. The smallest absolute Gasteiger partial charge is 0.184 e. The van der Waals surface area contributed by atoms with Gasteiger partial charge in [-0.2, -0.15) is 0 Å². The quantitative estimate of drug-likeness (QED) is 0.598. The Morgan fingerprint density at radius 1 is 1.05 bits per heavy atom. The summed E-state index contributed by atoms with van der Waals surface area (Å²) in [4.78, 5) is -0.336. The maximum atomic E-state index is 11.5. The van der Waals surface area contributed by atoms with E-state index in [0.29, 0.717) is 11.1 Å². The molecule has 0 bridgehead atoms. The van der Waals surface area contributed by atoms with Gasteiger partial charge in [0.05, 0.1) is 8.47 Å². The summed E-state index contributed by atoms with van der Waals surface area (Å²) >= 11 is -1.77. The normalized spacial score (nSPS) is 11.5. The zero-order valence-corrected chi connectivity index (χ0v) is 12.9. The molecule has 19 heavy (non-hydrogen) atoms. The third-order valence-corrected chi connectivity index (χ3v) is 5.66. The van der Waals surface area contributed by atoms with Crippen LogP contribution in [-0.2, 0) is 13.2 Å². The molecule has 0 atom stereocenters. The molecule has 0 heterocycles. The molecule has 0 saturated heterocycles. The van der Waals surface area contributed by atoms with E-state index < -0.39 is 31.3 Å². The van der Waals surface area contributed by atoms with Gasteiger partial charge >= 0.3 is 0 Å². The first-order valence-electron chi connectivity index (χ1n) is 5.37. The van der Waals surface area contributed by atoms with Crippen molar-refractivity contribution in [3.63, 3.8) is 0 Å². The number of hydrogen-bond donors (Lipinski definition) is 0. The molecule has 2 rings (SSSR count). The van der Waals surface area contributed by atoms with Gasteiger partial charge in [0, 0.05) is 0 Å². The molecule has 0 saturated carbocycles. The molecule has 0 radical (unpaired) electrons. The first-order valence-corrected chi connectivity index (χ1v) is 8.74. The first-order chi connectivity index (χ1) is 8.95. The molecule has 0 aliphatic heterocycles. The standard InChI is InChI=1S/C13H11IO4S/c1-9-7-8-11(10-5-3-2-4-6-10)12(14-15)13(9)19(16,17)18/h2-8H,1H3,(H,16,17,18)/p-1. The fourth-order valence-corrected chi connectivity index (χ4v) is 5.04. The highest BCUT2D eigenvalue weighted by atomic mass is 127. The van der Waals surface area contributed by atoms with E-state index in [9.17, 15) is 16.0 Å². The van der Waals surface area contributed by atoms with E-state index >= 15 is 0 Å². The van der Waals surface area contributed by atoms with Gasteiger partial charge in [-0.15, -0.1) is 0 Å². The summed E-state index contributed by atoms with van der Waals surface area (Å²) in [7, 11) is -4.63. The van der Waals surface area contributed by atoms with Crippen LogP contribution in [0.25, 0.3) is 11.1 Å². The maximum Gasteiger partial charge on any atom is 0.184 e. The summed E-state index contributed by atoms with van der Waals surface area (Å²) in [5.74, 6) is 0. The van der Waals surface area contributed by atoms with Crippen LogP contribution in [-0.4, -0.2) is 13.0 Å². The predicted octanol–water partition coefficient (Wildman–Crippen LogP) is 3.05. The lowest BCUT2D eigenvalue weighted by molar-refractivity contribution is 0.462. The Bertz CT molecular complexity index is 724. The number of benzene rings is 2. The van der Waals surface area contributed by atoms with Gasteiger partial charge < -0.3 is 4.55 Å². The number of rotatable bonds is 3. The Morgan fingerprint density at radius 2 is 1.68 bits per heavy atom. The van der Waals surface area contributed by atoms with E-state index in [-0.39, 0.29) is 8.47 Å². The molecule has 2 aromatic carbocycles. The van der Waals surface area contributed by atoms with Crippen molar-refractivity contribution in [2.24, 2.45) is 0 Å². The van der Waals surface area contributed by atoms with Gasteiger partial charge in [0.1, 0.15) is 10.1 Å². The zero-order chi connectivity index (χ0) is 14.0. The maximum absolute atomic E-state index is 11.5. The molecule has 4 nitrogen and oxygen atoms in total. The highest BCUT2D eigenvalue weighted by molar-refractivity contribution is 14.1. The van der Waals surface area contributed by atoms with Crippen LogP contribution in [0.15, 0.2) is 47.4 Å². The molecule has 0 unspecified atom stereocenters. The molecule has 2 aromatic rings. The topological polar surface area (TPSA) is 74.3 Å². The van der Waals surface area contributed by atoms with Crippen molar-refractivity contribution in [1.29, 1.82) is 0 Å². The first kappa shape index (κ1) is 14.3. The van der Waals surface area contributed by atoms with Crippen LogP contribution in [0, 0.1) is 10.5 Å². The van der Waals surface area contributed by atoms with Crippen molar-refractivity contribution >= 4 is 31.3 Å². The van der Waals surface area contributed by atoms with Gasteiger partial charge in [-0.25, -0.2) is 8.42 Å². The van der Waals surface area contributed by atoms with Crippen LogP contribution in [0.5, 0.6) is 0 Å². The summed E-state index contributed by atoms with van der Waals surface area (Å²) in [5, 5.41) is 0. The summed E-state index contributed by atoms with van der Waals surface area (Å²) in [6.07, 6.45) is 0. The number of halogens is 1. The van der Waals surface area contributed by atoms with Gasteiger partial charge in [-0.05, 0) is 23.6 Å². The van der Waals surface area contributed by atoms with Crippen LogP contribution >= 0.6 is 21.2 Å². The van der Waals surface area contributed by atoms with Gasteiger partial charge in [0.25, 0.3) is 0 Å². The average Bonchev–Trinajstić information content (AvgIpc) is 2.37. The summed E-state index contributed by atoms with van der Waals surface area (Å²) in [6, 6.07) is 12.3. The second-order valence-corrected chi connectivity index (χ2v) is 6.81. The van der Waals surface area contributed by atoms with Gasteiger partial charge in [-0.1, -0.05) is 42.5 Å². The zero-order valence-electron chi connectivity index (χ0n) is 9.96. The average molecular weight is 389 g/mol. The van der Waals surface area contributed by atoms with Crippen molar-refractivity contribution in [3.8, 4) is 11.1 Å². The van der Waals surface area contributed by atoms with Crippen LogP contribution in [0.2, 0.25) is 0 Å². The molecule has 100 valence electrons. The minimum absolute atomic E-state index is 0.153. The van der Waals surface area contributed by atoms with E-state index in [2.05, 4.69) is 0 Å². The Kier molecular flexibility index (Phi) is 4.12. The van der Waals surface area contributed by atoms with E-state index in [4.69, 9.17) is 0 Å². The molecule has 6 heteroatoms. The highest BCUT2D eigenvalue weighted by Gasteiger charge is 2.17. The summed E-state index contributed by atoms with van der Waals surface area (Å²) in [5.41, 5.74) is 1.63. The van der Waals surface area contributed by atoms with Crippen LogP contribution in [0.4, 0.5) is 0 Å². The second-order valence-electron chi connectivity index (χ2n) is 3.97. The Balaban J connectivity index is 2.83. The van der Waals surface area contributed by atoms with E-state index in [1.54, 1.807) is 36.4 Å². The molecule has 0 aliphatic carbocycles. The van der Waals surface area contributed by atoms with Crippen molar-refractivity contribution in [2.45, 2.75) is 11.8 Å². The highest BCUT2D eigenvalue weighted by Crippen LogP contribution is 2.34. The predicted molar refractivity (Wildman–Crippen MR) is 78.0 cm³/mol. The fraction of sp³-hybridized carbons (Fsp3) is 0.0769. The third kappa shape index (κ3) is 2.90. The molecular weight excluding hydrogens is 379 g/mol. The Labute approximate surface area is 121 Å².